The molecule has 1 aromatic carbocycles. The van der Waals surface area contributed by atoms with Gasteiger partial charge in [0, 0.05) is 10.2 Å². The Balaban J connectivity index is 2.16. The summed E-state index contributed by atoms with van der Waals surface area (Å²) in [5.74, 6) is 0. The van der Waals surface area contributed by atoms with Gasteiger partial charge in [-0.3, -0.25) is 0 Å². The molecule has 0 spiro atoms. The van der Waals surface area contributed by atoms with E-state index in [-0.39, 0.29) is 12.1 Å². The Morgan fingerprint density at radius 3 is 2.69 bits per heavy atom. The molecular formula is C12H13BrN2O. The molecule has 84 valence electrons. The molecule has 0 saturated heterocycles. The van der Waals surface area contributed by atoms with E-state index in [0.29, 0.717) is 5.56 Å². The summed E-state index contributed by atoms with van der Waals surface area (Å²) in [6.07, 6.45) is 3.16. The normalized spacial score (nSPS) is 17.3. The summed E-state index contributed by atoms with van der Waals surface area (Å²) in [5, 5.41) is 21.5. The first-order valence-corrected chi connectivity index (χ1v) is 6.07. The zero-order valence-corrected chi connectivity index (χ0v) is 10.4. The van der Waals surface area contributed by atoms with Gasteiger partial charge in [0.15, 0.2) is 0 Å². The zero-order valence-electron chi connectivity index (χ0n) is 8.83. The van der Waals surface area contributed by atoms with Crippen LogP contribution in [0.15, 0.2) is 22.7 Å². The molecule has 4 heteroatoms. The molecule has 2 rings (SSSR count). The molecule has 1 aromatic rings. The molecule has 0 heterocycles. The standard InChI is InChI=1S/C12H13BrN2O/c13-11-6-10(3-2-9(11)7-14)15-12(8-16)4-1-5-12/h2-3,6,15-16H,1,4-5,8H2. The maximum atomic E-state index is 9.34. The van der Waals surface area contributed by atoms with E-state index in [1.165, 1.54) is 0 Å². The van der Waals surface area contributed by atoms with Gasteiger partial charge in [0.05, 0.1) is 17.7 Å². The van der Waals surface area contributed by atoms with E-state index in [4.69, 9.17) is 5.26 Å². The lowest BCUT2D eigenvalue weighted by Gasteiger charge is -2.41. The highest BCUT2D eigenvalue weighted by Gasteiger charge is 2.36. The summed E-state index contributed by atoms with van der Waals surface area (Å²) in [6.45, 7) is 0.157. The minimum absolute atomic E-state index is 0.145. The van der Waals surface area contributed by atoms with Crippen LogP contribution in [0.2, 0.25) is 0 Å². The minimum atomic E-state index is -0.145. The fraction of sp³-hybridized carbons (Fsp3) is 0.417. The van der Waals surface area contributed by atoms with Crippen LogP contribution in [0.25, 0.3) is 0 Å². The van der Waals surface area contributed by atoms with E-state index in [0.717, 1.165) is 29.4 Å². The van der Waals surface area contributed by atoms with Gasteiger partial charge in [-0.2, -0.15) is 5.26 Å². The predicted octanol–water partition coefficient (Wildman–Crippen LogP) is 2.65. The van der Waals surface area contributed by atoms with Crippen molar-refractivity contribution in [1.82, 2.24) is 0 Å². The molecule has 0 radical (unpaired) electrons. The number of halogens is 1. The van der Waals surface area contributed by atoms with Crippen LogP contribution >= 0.6 is 15.9 Å². The highest BCUT2D eigenvalue weighted by Crippen LogP contribution is 2.35. The second kappa shape index (κ2) is 4.44. The third-order valence-electron chi connectivity index (χ3n) is 3.11. The number of benzene rings is 1. The van der Waals surface area contributed by atoms with Crippen LogP contribution in [0, 0.1) is 11.3 Å². The Kier molecular flexibility index (Phi) is 3.17. The number of rotatable bonds is 3. The van der Waals surface area contributed by atoms with Crippen LogP contribution in [0.4, 0.5) is 5.69 Å². The molecule has 1 saturated carbocycles. The molecule has 0 aromatic heterocycles. The summed E-state index contributed by atoms with van der Waals surface area (Å²) in [5.41, 5.74) is 1.42. The van der Waals surface area contributed by atoms with Crippen molar-refractivity contribution in [2.45, 2.75) is 24.8 Å². The van der Waals surface area contributed by atoms with Gasteiger partial charge >= 0.3 is 0 Å². The zero-order chi connectivity index (χ0) is 11.6. The number of aliphatic hydroxyl groups is 1. The van der Waals surface area contributed by atoms with Crippen molar-refractivity contribution in [3.05, 3.63) is 28.2 Å². The topological polar surface area (TPSA) is 56.0 Å². The summed E-state index contributed by atoms with van der Waals surface area (Å²) >= 11 is 3.35. The Labute approximate surface area is 103 Å². The maximum Gasteiger partial charge on any atom is 0.100 e. The molecule has 2 N–H and O–H groups in total. The third-order valence-corrected chi connectivity index (χ3v) is 3.77. The van der Waals surface area contributed by atoms with Crippen LogP contribution in [0.3, 0.4) is 0 Å². The number of nitrogens with one attached hydrogen (secondary N) is 1. The molecule has 0 bridgehead atoms. The highest BCUT2D eigenvalue weighted by molar-refractivity contribution is 9.10. The molecule has 0 aliphatic heterocycles. The summed E-state index contributed by atoms with van der Waals surface area (Å²) < 4.78 is 0.785. The van der Waals surface area contributed by atoms with Crippen LogP contribution in [-0.4, -0.2) is 17.3 Å². The van der Waals surface area contributed by atoms with E-state index in [2.05, 4.69) is 27.3 Å². The highest BCUT2D eigenvalue weighted by atomic mass is 79.9. The van der Waals surface area contributed by atoms with Crippen molar-refractivity contribution in [2.75, 3.05) is 11.9 Å². The van der Waals surface area contributed by atoms with Crippen molar-refractivity contribution in [1.29, 1.82) is 5.26 Å². The molecule has 0 amide bonds. The largest absolute Gasteiger partial charge is 0.394 e. The summed E-state index contributed by atoms with van der Waals surface area (Å²) in [7, 11) is 0. The van der Waals surface area contributed by atoms with Crippen LogP contribution in [0.1, 0.15) is 24.8 Å². The summed E-state index contributed by atoms with van der Waals surface area (Å²) in [6, 6.07) is 7.63. The van der Waals surface area contributed by atoms with Gasteiger partial charge in [-0.15, -0.1) is 0 Å². The van der Waals surface area contributed by atoms with E-state index in [1.807, 2.05) is 12.1 Å². The van der Waals surface area contributed by atoms with Gasteiger partial charge in [0.25, 0.3) is 0 Å². The smallest absolute Gasteiger partial charge is 0.100 e. The van der Waals surface area contributed by atoms with Crippen molar-refractivity contribution in [3.63, 3.8) is 0 Å². The second-order valence-electron chi connectivity index (χ2n) is 4.22. The fourth-order valence-corrected chi connectivity index (χ4v) is 2.38. The van der Waals surface area contributed by atoms with Crippen molar-refractivity contribution in [2.24, 2.45) is 0 Å². The lowest BCUT2D eigenvalue weighted by molar-refractivity contribution is 0.144. The number of nitriles is 1. The van der Waals surface area contributed by atoms with Crippen molar-refractivity contribution >= 4 is 21.6 Å². The third kappa shape index (κ3) is 2.06. The Hall–Kier alpha value is -1.05. The molecule has 3 nitrogen and oxygen atoms in total. The number of anilines is 1. The lowest BCUT2D eigenvalue weighted by atomic mass is 9.77. The molecule has 0 unspecified atom stereocenters. The van der Waals surface area contributed by atoms with E-state index in [9.17, 15) is 5.11 Å². The van der Waals surface area contributed by atoms with Crippen molar-refractivity contribution in [3.8, 4) is 6.07 Å². The number of aliphatic hydroxyl groups excluding tert-OH is 1. The SMILES string of the molecule is N#Cc1ccc(NC2(CO)CCC2)cc1Br. The first-order valence-electron chi connectivity index (χ1n) is 5.28. The van der Waals surface area contributed by atoms with Gasteiger partial charge in [-0.1, -0.05) is 0 Å². The number of nitrogens with zero attached hydrogens (tertiary/aromatic N) is 1. The molecule has 0 atom stereocenters. The van der Waals surface area contributed by atoms with Crippen molar-refractivity contribution < 1.29 is 5.11 Å². The summed E-state index contributed by atoms with van der Waals surface area (Å²) in [4.78, 5) is 0. The Morgan fingerprint density at radius 2 is 2.25 bits per heavy atom. The first-order chi connectivity index (χ1) is 7.69. The molecule has 1 aliphatic rings. The van der Waals surface area contributed by atoms with Crippen LogP contribution in [-0.2, 0) is 0 Å². The first kappa shape index (κ1) is 11.4. The quantitative estimate of drug-likeness (QED) is 0.895. The average Bonchev–Trinajstić information content (AvgIpc) is 2.24. The van der Waals surface area contributed by atoms with E-state index >= 15 is 0 Å². The lowest BCUT2D eigenvalue weighted by Crippen LogP contribution is -2.48. The van der Waals surface area contributed by atoms with Gasteiger partial charge in [-0.25, -0.2) is 0 Å². The molecular weight excluding hydrogens is 268 g/mol. The van der Waals surface area contributed by atoms with Gasteiger partial charge in [-0.05, 0) is 53.4 Å². The predicted molar refractivity (Wildman–Crippen MR) is 66.1 cm³/mol. The maximum absolute atomic E-state index is 9.34. The monoisotopic (exact) mass is 280 g/mol. The van der Waals surface area contributed by atoms with Gasteiger partial charge in [0.1, 0.15) is 6.07 Å². The Morgan fingerprint density at radius 1 is 1.50 bits per heavy atom. The van der Waals surface area contributed by atoms with E-state index in [1.54, 1.807) is 6.07 Å². The molecule has 16 heavy (non-hydrogen) atoms. The van der Waals surface area contributed by atoms with E-state index < -0.39 is 0 Å². The second-order valence-corrected chi connectivity index (χ2v) is 5.08. The average molecular weight is 281 g/mol. The number of hydrogen-bond donors (Lipinski definition) is 2. The Bertz CT molecular complexity index is 430. The molecule has 1 fully saturated rings. The molecule has 1 aliphatic carbocycles. The van der Waals surface area contributed by atoms with Crippen LogP contribution < -0.4 is 5.32 Å². The fourth-order valence-electron chi connectivity index (χ4n) is 1.92. The van der Waals surface area contributed by atoms with Gasteiger partial charge < -0.3 is 10.4 Å². The minimum Gasteiger partial charge on any atom is -0.394 e. The van der Waals surface area contributed by atoms with Crippen LogP contribution in [0.5, 0.6) is 0 Å². The van der Waals surface area contributed by atoms with Gasteiger partial charge in [0.2, 0.25) is 0 Å². The number of hydrogen-bond acceptors (Lipinski definition) is 3.